The van der Waals surface area contributed by atoms with Gasteiger partial charge >= 0.3 is 11.9 Å². The molecule has 0 rings (SSSR count). The summed E-state index contributed by atoms with van der Waals surface area (Å²) in [5.41, 5.74) is 0. The van der Waals surface area contributed by atoms with E-state index in [1.165, 1.54) is 0 Å². The van der Waals surface area contributed by atoms with Crippen molar-refractivity contribution in [2.75, 3.05) is 7.11 Å². The standard InChI is InChI=1S/C5H8O7S/c1-12-4(6)2-3(5(7)8)13(9,10)11/h3H,2H2,1H3,(H,7,8)(H,9,10,11). The van der Waals surface area contributed by atoms with E-state index < -0.39 is 33.7 Å². The number of aliphatic carboxylic acids is 1. The number of carbonyl (C=O) groups excluding carboxylic acids is 1. The van der Waals surface area contributed by atoms with Gasteiger partial charge in [0, 0.05) is 0 Å². The topological polar surface area (TPSA) is 118 Å². The van der Waals surface area contributed by atoms with Crippen LogP contribution in [0, 0.1) is 0 Å². The Bertz CT molecular complexity index is 303. The van der Waals surface area contributed by atoms with Gasteiger partial charge in [-0.05, 0) is 0 Å². The van der Waals surface area contributed by atoms with Crippen LogP contribution in [0.4, 0.5) is 0 Å². The summed E-state index contributed by atoms with van der Waals surface area (Å²) in [5, 5.41) is 6.14. The Morgan fingerprint density at radius 1 is 1.46 bits per heavy atom. The van der Waals surface area contributed by atoms with Gasteiger partial charge < -0.3 is 9.84 Å². The van der Waals surface area contributed by atoms with Crippen molar-refractivity contribution in [3.8, 4) is 0 Å². The number of methoxy groups -OCH3 is 1. The molecule has 0 amide bonds. The average Bonchev–Trinajstić information content (AvgIpc) is 1.96. The lowest BCUT2D eigenvalue weighted by molar-refractivity contribution is -0.145. The Balaban J connectivity index is 4.66. The molecule has 0 heterocycles. The summed E-state index contributed by atoms with van der Waals surface area (Å²) in [6, 6.07) is 0. The van der Waals surface area contributed by atoms with Gasteiger partial charge in [-0.25, -0.2) is 0 Å². The molecule has 1 unspecified atom stereocenters. The molecule has 76 valence electrons. The summed E-state index contributed by atoms with van der Waals surface area (Å²) in [4.78, 5) is 20.8. The van der Waals surface area contributed by atoms with Gasteiger partial charge in [-0.2, -0.15) is 8.42 Å². The van der Waals surface area contributed by atoms with Gasteiger partial charge in [0.1, 0.15) is 0 Å². The molecule has 0 aliphatic rings. The van der Waals surface area contributed by atoms with Gasteiger partial charge in [0.2, 0.25) is 0 Å². The van der Waals surface area contributed by atoms with Gasteiger partial charge in [0.05, 0.1) is 13.5 Å². The third-order valence-corrected chi connectivity index (χ3v) is 2.30. The van der Waals surface area contributed by atoms with E-state index in [0.29, 0.717) is 0 Å². The normalized spacial score (nSPS) is 13.4. The van der Waals surface area contributed by atoms with Crippen molar-refractivity contribution < 1.29 is 32.4 Å². The van der Waals surface area contributed by atoms with Gasteiger partial charge in [0.25, 0.3) is 10.1 Å². The summed E-state index contributed by atoms with van der Waals surface area (Å²) in [6.07, 6.45) is -0.912. The molecule has 0 bridgehead atoms. The van der Waals surface area contributed by atoms with E-state index in [1.54, 1.807) is 0 Å². The third-order valence-electron chi connectivity index (χ3n) is 1.21. The minimum absolute atomic E-state index is 0.912. The molecule has 0 spiro atoms. The first kappa shape index (κ1) is 11.8. The molecule has 2 N–H and O–H groups in total. The Labute approximate surface area is 74.1 Å². The zero-order chi connectivity index (χ0) is 10.6. The molecule has 0 aliphatic heterocycles. The molecule has 0 saturated heterocycles. The molecule has 0 aromatic carbocycles. The molecule has 7 nitrogen and oxygen atoms in total. The maximum atomic E-state index is 10.5. The van der Waals surface area contributed by atoms with Crippen LogP contribution >= 0.6 is 0 Å². The Kier molecular flexibility index (Phi) is 3.82. The summed E-state index contributed by atoms with van der Waals surface area (Å²) in [5.74, 6) is -2.82. The van der Waals surface area contributed by atoms with Crippen molar-refractivity contribution in [2.24, 2.45) is 0 Å². The highest BCUT2D eigenvalue weighted by atomic mass is 32.2. The van der Waals surface area contributed by atoms with Crippen LogP contribution < -0.4 is 0 Å². The van der Waals surface area contributed by atoms with Crippen molar-refractivity contribution in [1.29, 1.82) is 0 Å². The van der Waals surface area contributed by atoms with Gasteiger partial charge in [-0.1, -0.05) is 0 Å². The fourth-order valence-electron chi connectivity index (χ4n) is 0.555. The minimum atomic E-state index is -4.77. The summed E-state index contributed by atoms with van der Waals surface area (Å²) < 4.78 is 33.2. The molecule has 0 saturated carbocycles. The number of hydrogen-bond acceptors (Lipinski definition) is 5. The molecule has 0 aliphatic carbocycles. The lowest BCUT2D eigenvalue weighted by atomic mass is 10.3. The van der Waals surface area contributed by atoms with Crippen LogP contribution in [-0.4, -0.2) is 42.4 Å². The first-order chi connectivity index (χ1) is 5.79. The van der Waals surface area contributed by atoms with Crippen molar-refractivity contribution >= 4 is 22.1 Å². The highest BCUT2D eigenvalue weighted by molar-refractivity contribution is 7.87. The molecule has 8 heteroatoms. The van der Waals surface area contributed by atoms with Crippen molar-refractivity contribution in [2.45, 2.75) is 11.7 Å². The Morgan fingerprint density at radius 3 is 2.15 bits per heavy atom. The quantitative estimate of drug-likeness (QED) is 0.448. The molecule has 0 fully saturated rings. The molecule has 0 aromatic rings. The Hall–Kier alpha value is -1.15. The maximum Gasteiger partial charge on any atom is 0.325 e. The molecular weight excluding hydrogens is 204 g/mol. The van der Waals surface area contributed by atoms with Crippen molar-refractivity contribution in [1.82, 2.24) is 0 Å². The van der Waals surface area contributed by atoms with E-state index in [9.17, 15) is 18.0 Å². The average molecular weight is 212 g/mol. The number of hydrogen-bond donors (Lipinski definition) is 2. The lowest BCUT2D eigenvalue weighted by Crippen LogP contribution is -2.32. The summed E-state index contributed by atoms with van der Waals surface area (Å²) >= 11 is 0. The zero-order valence-corrected chi connectivity index (χ0v) is 7.44. The lowest BCUT2D eigenvalue weighted by Gasteiger charge is -2.06. The monoisotopic (exact) mass is 212 g/mol. The molecule has 0 aromatic heterocycles. The van der Waals surface area contributed by atoms with E-state index >= 15 is 0 Å². The predicted molar refractivity (Wildman–Crippen MR) is 39.6 cm³/mol. The highest BCUT2D eigenvalue weighted by Gasteiger charge is 2.33. The van der Waals surface area contributed by atoms with E-state index in [1.807, 2.05) is 0 Å². The number of carboxylic acids is 1. The van der Waals surface area contributed by atoms with Gasteiger partial charge in [0.15, 0.2) is 5.25 Å². The van der Waals surface area contributed by atoms with E-state index in [0.717, 1.165) is 7.11 Å². The van der Waals surface area contributed by atoms with Crippen molar-refractivity contribution in [3.05, 3.63) is 0 Å². The van der Waals surface area contributed by atoms with Crippen LogP contribution in [0.3, 0.4) is 0 Å². The second kappa shape index (κ2) is 4.19. The summed E-state index contributed by atoms with van der Waals surface area (Å²) in [6.45, 7) is 0. The second-order valence-corrected chi connectivity index (χ2v) is 3.72. The molecule has 0 radical (unpaired) electrons. The van der Waals surface area contributed by atoms with Crippen molar-refractivity contribution in [3.63, 3.8) is 0 Å². The number of esters is 1. The van der Waals surface area contributed by atoms with E-state index in [2.05, 4.69) is 4.74 Å². The number of carboxylic acid groups (broad SMARTS) is 1. The van der Waals surface area contributed by atoms with Crippen LogP contribution in [0.1, 0.15) is 6.42 Å². The van der Waals surface area contributed by atoms with Crippen LogP contribution in [0.25, 0.3) is 0 Å². The largest absolute Gasteiger partial charge is 0.480 e. The minimum Gasteiger partial charge on any atom is -0.480 e. The molecular formula is C5H8O7S. The SMILES string of the molecule is COC(=O)CC(C(=O)O)S(=O)(=O)O. The van der Waals surface area contributed by atoms with Crippen LogP contribution in [0.15, 0.2) is 0 Å². The van der Waals surface area contributed by atoms with Crippen LogP contribution in [0.5, 0.6) is 0 Å². The van der Waals surface area contributed by atoms with Crippen LogP contribution in [-0.2, 0) is 24.4 Å². The third kappa shape index (κ3) is 3.85. The smallest absolute Gasteiger partial charge is 0.325 e. The van der Waals surface area contributed by atoms with Gasteiger partial charge in [-0.3, -0.25) is 14.1 Å². The summed E-state index contributed by atoms with van der Waals surface area (Å²) in [7, 11) is -3.79. The highest BCUT2D eigenvalue weighted by Crippen LogP contribution is 2.05. The Morgan fingerprint density at radius 2 is 1.92 bits per heavy atom. The predicted octanol–water partition coefficient (Wildman–Crippen LogP) is -1.11. The first-order valence-corrected chi connectivity index (χ1v) is 4.55. The number of carbonyl (C=O) groups is 2. The van der Waals surface area contributed by atoms with E-state index in [-0.39, 0.29) is 0 Å². The first-order valence-electron chi connectivity index (χ1n) is 3.05. The second-order valence-electron chi connectivity index (χ2n) is 2.12. The zero-order valence-electron chi connectivity index (χ0n) is 6.63. The van der Waals surface area contributed by atoms with Gasteiger partial charge in [-0.15, -0.1) is 0 Å². The molecule has 1 atom stereocenters. The molecule has 13 heavy (non-hydrogen) atoms. The fraction of sp³-hybridized carbons (Fsp3) is 0.600. The maximum absolute atomic E-state index is 10.5. The number of rotatable bonds is 4. The van der Waals surface area contributed by atoms with E-state index in [4.69, 9.17) is 9.66 Å². The van der Waals surface area contributed by atoms with Crippen LogP contribution in [0.2, 0.25) is 0 Å². The number of ether oxygens (including phenoxy) is 1. The fourth-order valence-corrected chi connectivity index (χ4v) is 1.16.